The SMILES string of the molecule is O=C(NCc1ccccn1)C1CC(=O)N(c2ccc(S(=O)(=O)N3CCCC3)cc2)C1. The van der Waals surface area contributed by atoms with Crippen LogP contribution in [0.15, 0.2) is 53.6 Å². The largest absolute Gasteiger partial charge is 0.350 e. The second-order valence-electron chi connectivity index (χ2n) is 7.55. The zero-order valence-electron chi connectivity index (χ0n) is 16.5. The van der Waals surface area contributed by atoms with Gasteiger partial charge in [0.1, 0.15) is 0 Å². The van der Waals surface area contributed by atoms with Crippen molar-refractivity contribution in [2.24, 2.45) is 5.92 Å². The fourth-order valence-corrected chi connectivity index (χ4v) is 5.35. The van der Waals surface area contributed by atoms with Gasteiger partial charge >= 0.3 is 0 Å². The van der Waals surface area contributed by atoms with Crippen LogP contribution in [0.2, 0.25) is 0 Å². The molecule has 3 heterocycles. The maximum Gasteiger partial charge on any atom is 0.243 e. The first-order valence-corrected chi connectivity index (χ1v) is 11.5. The molecule has 2 aromatic rings. The Bertz CT molecular complexity index is 1020. The first-order chi connectivity index (χ1) is 14.4. The molecule has 1 aromatic heterocycles. The molecule has 1 N–H and O–H groups in total. The van der Waals surface area contributed by atoms with Crippen LogP contribution in [-0.2, 0) is 26.2 Å². The molecule has 0 spiro atoms. The molecule has 1 atom stereocenters. The summed E-state index contributed by atoms with van der Waals surface area (Å²) in [7, 11) is -3.49. The molecule has 2 aliphatic heterocycles. The standard InChI is InChI=1S/C21H24N4O4S/c26-20-13-16(21(27)23-14-17-5-1-2-10-22-17)15-25(20)18-6-8-19(9-7-18)30(28,29)24-11-3-4-12-24/h1-2,5-10,16H,3-4,11-15H2,(H,23,27). The fourth-order valence-electron chi connectivity index (χ4n) is 3.83. The van der Waals surface area contributed by atoms with Crippen LogP contribution in [0, 0.1) is 5.92 Å². The van der Waals surface area contributed by atoms with E-state index in [1.165, 1.54) is 21.3 Å². The van der Waals surface area contributed by atoms with Gasteiger partial charge in [-0.15, -0.1) is 0 Å². The Morgan fingerprint density at radius 1 is 1.10 bits per heavy atom. The smallest absolute Gasteiger partial charge is 0.243 e. The van der Waals surface area contributed by atoms with Crippen molar-refractivity contribution in [3.63, 3.8) is 0 Å². The third kappa shape index (κ3) is 4.22. The summed E-state index contributed by atoms with van der Waals surface area (Å²) in [6, 6.07) is 11.8. The molecule has 1 unspecified atom stereocenters. The lowest BCUT2D eigenvalue weighted by Crippen LogP contribution is -2.32. The summed E-state index contributed by atoms with van der Waals surface area (Å²) in [5.41, 5.74) is 1.35. The highest BCUT2D eigenvalue weighted by Crippen LogP contribution is 2.28. The monoisotopic (exact) mass is 428 g/mol. The molecule has 8 nitrogen and oxygen atoms in total. The van der Waals surface area contributed by atoms with Gasteiger partial charge in [0, 0.05) is 37.9 Å². The van der Waals surface area contributed by atoms with Crippen LogP contribution < -0.4 is 10.2 Å². The molecular formula is C21H24N4O4S. The van der Waals surface area contributed by atoms with Crippen LogP contribution in [0.3, 0.4) is 0 Å². The Balaban J connectivity index is 1.39. The lowest BCUT2D eigenvalue weighted by molar-refractivity contribution is -0.126. The van der Waals surface area contributed by atoms with Gasteiger partial charge in [0.05, 0.1) is 23.1 Å². The van der Waals surface area contributed by atoms with Gasteiger partial charge in [-0.25, -0.2) is 8.42 Å². The molecule has 2 fully saturated rings. The summed E-state index contributed by atoms with van der Waals surface area (Å²) in [5.74, 6) is -0.790. The average molecular weight is 429 g/mol. The number of sulfonamides is 1. The molecule has 0 aliphatic carbocycles. The van der Waals surface area contributed by atoms with Gasteiger partial charge in [-0.2, -0.15) is 4.31 Å². The summed E-state index contributed by atoms with van der Waals surface area (Å²) in [6.45, 7) is 1.67. The normalized spacial score (nSPS) is 19.9. The zero-order chi connectivity index (χ0) is 21.1. The predicted octanol–water partition coefficient (Wildman–Crippen LogP) is 1.54. The first kappa shape index (κ1) is 20.5. The second-order valence-corrected chi connectivity index (χ2v) is 9.49. The van der Waals surface area contributed by atoms with E-state index in [9.17, 15) is 18.0 Å². The average Bonchev–Trinajstić information content (AvgIpc) is 3.43. The van der Waals surface area contributed by atoms with E-state index < -0.39 is 15.9 Å². The minimum atomic E-state index is -3.49. The highest BCUT2D eigenvalue weighted by Gasteiger charge is 2.35. The number of amides is 2. The first-order valence-electron chi connectivity index (χ1n) is 10.0. The molecule has 0 radical (unpaired) electrons. The predicted molar refractivity (Wildman–Crippen MR) is 111 cm³/mol. The van der Waals surface area contributed by atoms with Gasteiger partial charge in [0.25, 0.3) is 0 Å². The van der Waals surface area contributed by atoms with E-state index in [1.807, 2.05) is 12.1 Å². The van der Waals surface area contributed by atoms with Gasteiger partial charge in [-0.1, -0.05) is 6.07 Å². The van der Waals surface area contributed by atoms with Crippen LogP contribution in [-0.4, -0.2) is 49.2 Å². The maximum atomic E-state index is 12.6. The summed E-state index contributed by atoms with van der Waals surface area (Å²) < 4.78 is 26.8. The number of nitrogens with one attached hydrogen (secondary N) is 1. The van der Waals surface area contributed by atoms with Crippen molar-refractivity contribution < 1.29 is 18.0 Å². The van der Waals surface area contributed by atoms with Crippen LogP contribution in [0.5, 0.6) is 0 Å². The Kier molecular flexibility index (Phi) is 5.83. The number of pyridine rings is 1. The minimum absolute atomic E-state index is 0.127. The van der Waals surface area contributed by atoms with Gasteiger partial charge in [0.2, 0.25) is 21.8 Å². The van der Waals surface area contributed by atoms with E-state index in [2.05, 4.69) is 10.3 Å². The molecule has 2 aliphatic rings. The number of hydrogen-bond donors (Lipinski definition) is 1. The van der Waals surface area contributed by atoms with Gasteiger partial charge in [0.15, 0.2) is 0 Å². The molecule has 158 valence electrons. The Hall–Kier alpha value is -2.78. The third-order valence-corrected chi connectivity index (χ3v) is 7.43. The summed E-state index contributed by atoms with van der Waals surface area (Å²) >= 11 is 0. The van der Waals surface area contributed by atoms with E-state index in [0.717, 1.165) is 18.5 Å². The number of nitrogens with zero attached hydrogens (tertiary/aromatic N) is 3. The Labute approximate surface area is 175 Å². The molecule has 0 bridgehead atoms. The number of aromatic nitrogens is 1. The van der Waals surface area contributed by atoms with Crippen molar-refractivity contribution in [2.75, 3.05) is 24.5 Å². The van der Waals surface area contributed by atoms with Gasteiger partial charge in [-0.3, -0.25) is 14.6 Å². The van der Waals surface area contributed by atoms with E-state index in [0.29, 0.717) is 25.3 Å². The maximum absolute atomic E-state index is 12.6. The molecule has 2 saturated heterocycles. The van der Waals surface area contributed by atoms with Crippen molar-refractivity contribution in [1.82, 2.24) is 14.6 Å². The number of hydrogen-bond acceptors (Lipinski definition) is 5. The van der Waals surface area contributed by atoms with E-state index in [1.54, 1.807) is 24.4 Å². The number of carbonyl (C=O) groups is 2. The summed E-state index contributed by atoms with van der Waals surface area (Å²) in [4.78, 5) is 30.9. The number of rotatable bonds is 6. The quantitative estimate of drug-likeness (QED) is 0.752. The van der Waals surface area contributed by atoms with Crippen LogP contribution >= 0.6 is 0 Å². The van der Waals surface area contributed by atoms with Gasteiger partial charge < -0.3 is 10.2 Å². The Morgan fingerprint density at radius 2 is 1.83 bits per heavy atom. The van der Waals surface area contributed by atoms with Crippen molar-refractivity contribution in [2.45, 2.75) is 30.7 Å². The Morgan fingerprint density at radius 3 is 2.50 bits per heavy atom. The topological polar surface area (TPSA) is 99.7 Å². The molecule has 9 heteroatoms. The summed E-state index contributed by atoms with van der Waals surface area (Å²) in [6.07, 6.45) is 3.55. The van der Waals surface area contributed by atoms with Crippen molar-refractivity contribution in [1.29, 1.82) is 0 Å². The second kappa shape index (κ2) is 8.53. The third-order valence-electron chi connectivity index (χ3n) is 5.52. The van der Waals surface area contributed by atoms with E-state index >= 15 is 0 Å². The molecule has 4 rings (SSSR count). The molecule has 30 heavy (non-hydrogen) atoms. The molecular weight excluding hydrogens is 404 g/mol. The lowest BCUT2D eigenvalue weighted by Gasteiger charge is -2.19. The van der Waals surface area contributed by atoms with Crippen molar-refractivity contribution in [3.05, 3.63) is 54.4 Å². The van der Waals surface area contributed by atoms with Crippen LogP contribution in [0.25, 0.3) is 0 Å². The van der Waals surface area contributed by atoms with Crippen LogP contribution in [0.1, 0.15) is 25.0 Å². The van der Waals surface area contributed by atoms with Crippen LogP contribution in [0.4, 0.5) is 5.69 Å². The molecule has 1 aromatic carbocycles. The summed E-state index contributed by atoms with van der Waals surface area (Å²) in [5, 5.41) is 2.83. The molecule has 0 saturated carbocycles. The highest BCUT2D eigenvalue weighted by atomic mass is 32.2. The lowest BCUT2D eigenvalue weighted by atomic mass is 10.1. The number of anilines is 1. The van der Waals surface area contributed by atoms with E-state index in [-0.39, 0.29) is 29.7 Å². The van der Waals surface area contributed by atoms with Crippen molar-refractivity contribution in [3.8, 4) is 0 Å². The molecule has 2 amide bonds. The fraction of sp³-hybridized carbons (Fsp3) is 0.381. The number of carbonyl (C=O) groups excluding carboxylic acids is 2. The van der Waals surface area contributed by atoms with Gasteiger partial charge in [-0.05, 0) is 49.2 Å². The number of benzene rings is 1. The minimum Gasteiger partial charge on any atom is -0.350 e. The van der Waals surface area contributed by atoms with E-state index in [4.69, 9.17) is 0 Å². The highest BCUT2D eigenvalue weighted by molar-refractivity contribution is 7.89. The zero-order valence-corrected chi connectivity index (χ0v) is 17.3. The van der Waals surface area contributed by atoms with Crippen molar-refractivity contribution >= 4 is 27.5 Å².